The third-order valence-corrected chi connectivity index (χ3v) is 4.28. The molecule has 4 nitrogen and oxygen atoms in total. The Morgan fingerprint density at radius 2 is 1.95 bits per heavy atom. The lowest BCUT2D eigenvalue weighted by Crippen LogP contribution is -2.43. The number of piperidine rings is 1. The van der Waals surface area contributed by atoms with E-state index in [4.69, 9.17) is 0 Å². The van der Waals surface area contributed by atoms with Gasteiger partial charge in [-0.05, 0) is 63.6 Å². The molecule has 4 heteroatoms. The molecule has 0 bridgehead atoms. The summed E-state index contributed by atoms with van der Waals surface area (Å²) in [6, 6.07) is 0. The number of hydrogen-bond acceptors (Lipinski definition) is 2. The predicted molar refractivity (Wildman–Crippen MR) is 92.9 cm³/mol. The molecule has 0 spiro atoms. The molecule has 1 aliphatic rings. The predicted octanol–water partition coefficient (Wildman–Crippen LogP) is 2.71. The smallest absolute Gasteiger partial charge is 0.190 e. The molecule has 0 aliphatic carbocycles. The lowest BCUT2D eigenvalue weighted by atomic mass is 9.97. The maximum Gasteiger partial charge on any atom is 0.190 e. The van der Waals surface area contributed by atoms with Crippen LogP contribution < -0.4 is 10.6 Å². The molecule has 0 aromatic heterocycles. The fraction of sp³-hybridized carbons (Fsp3) is 0.941. The van der Waals surface area contributed by atoms with Gasteiger partial charge in [-0.3, -0.25) is 4.99 Å². The summed E-state index contributed by atoms with van der Waals surface area (Å²) < 4.78 is 0. The lowest BCUT2D eigenvalue weighted by Gasteiger charge is -2.32. The topological polar surface area (TPSA) is 39.7 Å². The number of aliphatic imine (C=N–C) groups is 1. The highest BCUT2D eigenvalue weighted by Crippen LogP contribution is 2.16. The second-order valence-corrected chi connectivity index (χ2v) is 6.70. The van der Waals surface area contributed by atoms with E-state index in [0.29, 0.717) is 0 Å². The minimum absolute atomic E-state index is 0.787. The van der Waals surface area contributed by atoms with Gasteiger partial charge in [0.05, 0.1) is 0 Å². The zero-order valence-corrected chi connectivity index (χ0v) is 14.6. The van der Waals surface area contributed by atoms with Crippen molar-refractivity contribution in [3.05, 3.63) is 0 Å². The van der Waals surface area contributed by atoms with Crippen LogP contribution in [0.15, 0.2) is 4.99 Å². The van der Waals surface area contributed by atoms with Crippen LogP contribution in [0.1, 0.15) is 52.9 Å². The Morgan fingerprint density at radius 3 is 2.52 bits per heavy atom. The summed E-state index contributed by atoms with van der Waals surface area (Å²) in [4.78, 5) is 6.91. The number of hydrogen-bond donors (Lipinski definition) is 2. The van der Waals surface area contributed by atoms with Crippen LogP contribution in [-0.2, 0) is 0 Å². The first-order chi connectivity index (χ1) is 10.2. The normalized spacial score (nSPS) is 18.2. The Kier molecular flexibility index (Phi) is 9.48. The van der Waals surface area contributed by atoms with Crippen molar-refractivity contribution >= 4 is 5.96 Å². The highest BCUT2D eigenvalue weighted by molar-refractivity contribution is 5.79. The maximum atomic E-state index is 4.32. The minimum atomic E-state index is 0.787. The van der Waals surface area contributed by atoms with E-state index in [1.165, 1.54) is 51.7 Å². The van der Waals surface area contributed by atoms with Crippen LogP contribution in [0.4, 0.5) is 0 Å². The third-order valence-electron chi connectivity index (χ3n) is 4.28. The van der Waals surface area contributed by atoms with Crippen molar-refractivity contribution in [3.63, 3.8) is 0 Å². The van der Waals surface area contributed by atoms with Gasteiger partial charge in [0.25, 0.3) is 0 Å². The van der Waals surface area contributed by atoms with Gasteiger partial charge in [0.15, 0.2) is 5.96 Å². The summed E-state index contributed by atoms with van der Waals surface area (Å²) >= 11 is 0. The maximum absolute atomic E-state index is 4.32. The summed E-state index contributed by atoms with van der Waals surface area (Å²) in [6.07, 6.45) is 6.40. The Labute approximate surface area is 131 Å². The second kappa shape index (κ2) is 10.9. The van der Waals surface area contributed by atoms with Crippen LogP contribution in [-0.4, -0.2) is 50.6 Å². The first-order valence-electron chi connectivity index (χ1n) is 8.82. The average Bonchev–Trinajstić information content (AvgIpc) is 2.48. The van der Waals surface area contributed by atoms with Crippen molar-refractivity contribution < 1.29 is 0 Å². The van der Waals surface area contributed by atoms with Crippen molar-refractivity contribution in [2.45, 2.75) is 52.9 Å². The Balaban J connectivity index is 2.12. The zero-order chi connectivity index (χ0) is 15.5. The molecule has 0 amide bonds. The van der Waals surface area contributed by atoms with E-state index in [9.17, 15) is 0 Å². The number of rotatable bonds is 8. The molecule has 1 rings (SSSR count). The van der Waals surface area contributed by atoms with E-state index >= 15 is 0 Å². The summed E-state index contributed by atoms with van der Waals surface area (Å²) in [5.74, 6) is 2.55. The Hall–Kier alpha value is -0.770. The monoisotopic (exact) mass is 296 g/mol. The number of likely N-dealkylation sites (tertiary alicyclic amines) is 1. The molecule has 2 N–H and O–H groups in total. The number of nitrogens with zero attached hydrogens (tertiary/aromatic N) is 2. The van der Waals surface area contributed by atoms with Gasteiger partial charge in [0.2, 0.25) is 0 Å². The SMILES string of the molecule is CCCN1CCC(CNC(=NC)NCCCC(C)C)CC1. The molecule has 124 valence electrons. The molecule has 1 aliphatic heterocycles. The van der Waals surface area contributed by atoms with E-state index in [0.717, 1.165) is 30.9 Å². The standard InChI is InChI=1S/C17H36N4/c1-5-11-21-12-8-16(9-13-21)14-20-17(18-4)19-10-6-7-15(2)3/h15-16H,5-14H2,1-4H3,(H2,18,19,20). The van der Waals surface area contributed by atoms with Gasteiger partial charge in [0, 0.05) is 20.1 Å². The van der Waals surface area contributed by atoms with Gasteiger partial charge in [-0.15, -0.1) is 0 Å². The van der Waals surface area contributed by atoms with E-state index in [-0.39, 0.29) is 0 Å². The lowest BCUT2D eigenvalue weighted by molar-refractivity contribution is 0.185. The third kappa shape index (κ3) is 8.30. The van der Waals surface area contributed by atoms with Crippen LogP contribution in [0.3, 0.4) is 0 Å². The molecule has 21 heavy (non-hydrogen) atoms. The van der Waals surface area contributed by atoms with Crippen LogP contribution in [0.2, 0.25) is 0 Å². The summed E-state index contributed by atoms with van der Waals surface area (Å²) in [5.41, 5.74) is 0. The fourth-order valence-corrected chi connectivity index (χ4v) is 2.91. The summed E-state index contributed by atoms with van der Waals surface area (Å²) in [6.45, 7) is 12.7. The van der Waals surface area contributed by atoms with Crippen LogP contribution >= 0.6 is 0 Å². The summed E-state index contributed by atoms with van der Waals surface area (Å²) in [5, 5.41) is 6.92. The first kappa shape index (κ1) is 18.3. The van der Waals surface area contributed by atoms with Gasteiger partial charge >= 0.3 is 0 Å². The summed E-state index contributed by atoms with van der Waals surface area (Å²) in [7, 11) is 1.86. The highest BCUT2D eigenvalue weighted by Gasteiger charge is 2.18. The van der Waals surface area contributed by atoms with Gasteiger partial charge in [-0.1, -0.05) is 20.8 Å². The number of nitrogens with one attached hydrogen (secondary N) is 2. The molecule has 0 unspecified atom stereocenters. The highest BCUT2D eigenvalue weighted by atomic mass is 15.2. The quantitative estimate of drug-likeness (QED) is 0.411. The molecule has 1 saturated heterocycles. The zero-order valence-electron chi connectivity index (χ0n) is 14.6. The first-order valence-corrected chi connectivity index (χ1v) is 8.82. The van der Waals surface area contributed by atoms with Crippen molar-refractivity contribution in [2.75, 3.05) is 39.8 Å². The van der Waals surface area contributed by atoms with Gasteiger partial charge < -0.3 is 15.5 Å². The van der Waals surface area contributed by atoms with Crippen LogP contribution in [0, 0.1) is 11.8 Å². The van der Waals surface area contributed by atoms with Gasteiger partial charge in [-0.25, -0.2) is 0 Å². The minimum Gasteiger partial charge on any atom is -0.356 e. The Morgan fingerprint density at radius 1 is 1.24 bits per heavy atom. The average molecular weight is 297 g/mol. The molecule has 0 aromatic rings. The van der Waals surface area contributed by atoms with Crippen molar-refractivity contribution in [1.29, 1.82) is 0 Å². The molecule has 0 atom stereocenters. The molecule has 1 heterocycles. The van der Waals surface area contributed by atoms with Gasteiger partial charge in [-0.2, -0.15) is 0 Å². The Bertz CT molecular complexity index is 281. The molecule has 1 fully saturated rings. The van der Waals surface area contributed by atoms with Crippen molar-refractivity contribution in [2.24, 2.45) is 16.8 Å². The fourth-order valence-electron chi connectivity index (χ4n) is 2.91. The van der Waals surface area contributed by atoms with Gasteiger partial charge in [0.1, 0.15) is 0 Å². The molecular formula is C17H36N4. The van der Waals surface area contributed by atoms with Crippen LogP contribution in [0.25, 0.3) is 0 Å². The van der Waals surface area contributed by atoms with E-state index in [1.54, 1.807) is 0 Å². The van der Waals surface area contributed by atoms with E-state index in [2.05, 4.69) is 41.3 Å². The van der Waals surface area contributed by atoms with E-state index < -0.39 is 0 Å². The molecular weight excluding hydrogens is 260 g/mol. The molecule has 0 radical (unpaired) electrons. The largest absolute Gasteiger partial charge is 0.356 e. The van der Waals surface area contributed by atoms with Crippen molar-refractivity contribution in [3.8, 4) is 0 Å². The van der Waals surface area contributed by atoms with Crippen molar-refractivity contribution in [1.82, 2.24) is 15.5 Å². The molecule has 0 saturated carbocycles. The van der Waals surface area contributed by atoms with E-state index in [1.807, 2.05) is 7.05 Å². The molecule has 0 aromatic carbocycles. The van der Waals surface area contributed by atoms with Crippen LogP contribution in [0.5, 0.6) is 0 Å². The second-order valence-electron chi connectivity index (χ2n) is 6.70. The number of guanidine groups is 1.